The summed E-state index contributed by atoms with van der Waals surface area (Å²) in [6.45, 7) is 3.39. The molecular weight excluding hydrogens is 256 g/mol. The van der Waals surface area contributed by atoms with Crippen molar-refractivity contribution >= 4 is 5.91 Å². The van der Waals surface area contributed by atoms with Gasteiger partial charge in [-0.3, -0.25) is 9.48 Å². The lowest BCUT2D eigenvalue weighted by Crippen LogP contribution is -2.47. The van der Waals surface area contributed by atoms with E-state index >= 15 is 0 Å². The Morgan fingerprint density at radius 3 is 3.20 bits per heavy atom. The van der Waals surface area contributed by atoms with Crippen LogP contribution in [0.25, 0.3) is 0 Å². The van der Waals surface area contributed by atoms with Crippen LogP contribution < -0.4 is 11.1 Å². The largest absolute Gasteiger partial charge is 0.348 e. The number of carbonyl (C=O) groups is 1. The van der Waals surface area contributed by atoms with E-state index < -0.39 is 0 Å². The molecule has 1 amide bonds. The third-order valence-corrected chi connectivity index (χ3v) is 4.29. The Morgan fingerprint density at radius 2 is 2.35 bits per heavy atom. The highest BCUT2D eigenvalue weighted by molar-refractivity contribution is 5.92. The Balaban J connectivity index is 1.55. The van der Waals surface area contributed by atoms with E-state index in [1.807, 2.05) is 0 Å². The normalized spacial score (nSPS) is 26.4. The second-order valence-corrected chi connectivity index (χ2v) is 5.68. The first-order valence-electron chi connectivity index (χ1n) is 7.41. The molecule has 2 unspecified atom stereocenters. The summed E-state index contributed by atoms with van der Waals surface area (Å²) in [5.41, 5.74) is 5.83. The number of nitrogens with two attached hydrogens (primary N) is 1. The molecule has 0 aliphatic carbocycles. The molecule has 0 spiro atoms. The number of carbonyl (C=O) groups excluding carboxylic acids is 1. The summed E-state index contributed by atoms with van der Waals surface area (Å²) in [5, 5.41) is 10.9. The molecule has 0 saturated carbocycles. The highest BCUT2D eigenvalue weighted by atomic mass is 16.2. The van der Waals surface area contributed by atoms with Crippen LogP contribution in [-0.4, -0.2) is 57.5 Å². The lowest BCUT2D eigenvalue weighted by atomic mass is 9.97. The molecule has 2 aliphatic heterocycles. The molecular formula is C13H22N6O. The summed E-state index contributed by atoms with van der Waals surface area (Å²) in [4.78, 5) is 14.7. The third kappa shape index (κ3) is 2.83. The van der Waals surface area contributed by atoms with E-state index in [1.54, 1.807) is 10.9 Å². The number of rotatable bonds is 4. The number of amides is 1. The van der Waals surface area contributed by atoms with Crippen molar-refractivity contribution in [3.63, 3.8) is 0 Å². The first kappa shape index (κ1) is 13.5. The minimum Gasteiger partial charge on any atom is -0.348 e. The number of hydrogen-bond donors (Lipinski definition) is 2. The van der Waals surface area contributed by atoms with Gasteiger partial charge in [-0.2, -0.15) is 0 Å². The molecule has 2 fully saturated rings. The summed E-state index contributed by atoms with van der Waals surface area (Å²) >= 11 is 0. The van der Waals surface area contributed by atoms with Gasteiger partial charge in [0.25, 0.3) is 5.91 Å². The van der Waals surface area contributed by atoms with Crippen molar-refractivity contribution in [2.24, 2.45) is 5.73 Å². The smallest absolute Gasteiger partial charge is 0.273 e. The molecule has 0 aromatic carbocycles. The van der Waals surface area contributed by atoms with E-state index in [9.17, 15) is 4.79 Å². The molecule has 2 atom stereocenters. The monoisotopic (exact) mass is 278 g/mol. The second kappa shape index (κ2) is 5.88. The predicted molar refractivity (Wildman–Crippen MR) is 74.2 cm³/mol. The molecule has 3 rings (SSSR count). The first-order chi connectivity index (χ1) is 9.76. The molecule has 1 aromatic heterocycles. The molecule has 7 nitrogen and oxygen atoms in total. The Bertz CT molecular complexity index is 473. The lowest BCUT2D eigenvalue weighted by Gasteiger charge is -2.34. The molecule has 2 aliphatic rings. The van der Waals surface area contributed by atoms with Crippen LogP contribution in [0.5, 0.6) is 0 Å². The molecule has 7 heteroatoms. The average molecular weight is 278 g/mol. The molecule has 110 valence electrons. The van der Waals surface area contributed by atoms with Gasteiger partial charge in [0.15, 0.2) is 5.69 Å². The minimum atomic E-state index is -0.121. The molecule has 0 bridgehead atoms. The first-order valence-corrected chi connectivity index (χ1v) is 7.41. The molecule has 0 radical (unpaired) electrons. The number of fused-ring (bicyclic) bond motifs is 1. The molecule has 2 saturated heterocycles. The van der Waals surface area contributed by atoms with Crippen LogP contribution in [0.3, 0.4) is 0 Å². The SMILES string of the molecule is NCCn1cc(C(=O)NC2CCN3CCCC3C2)nn1. The van der Waals surface area contributed by atoms with Gasteiger partial charge in [-0.25, -0.2) is 0 Å². The van der Waals surface area contributed by atoms with Crippen LogP contribution >= 0.6 is 0 Å². The Labute approximate surface area is 118 Å². The van der Waals surface area contributed by atoms with Gasteiger partial charge in [0.05, 0.1) is 12.7 Å². The average Bonchev–Trinajstić information content (AvgIpc) is 3.07. The van der Waals surface area contributed by atoms with Crippen LogP contribution in [0.15, 0.2) is 6.20 Å². The van der Waals surface area contributed by atoms with Crippen molar-refractivity contribution in [1.82, 2.24) is 25.2 Å². The van der Waals surface area contributed by atoms with E-state index in [0.717, 1.165) is 19.4 Å². The van der Waals surface area contributed by atoms with Crippen molar-refractivity contribution in [3.8, 4) is 0 Å². The minimum absolute atomic E-state index is 0.121. The van der Waals surface area contributed by atoms with Gasteiger partial charge >= 0.3 is 0 Å². The third-order valence-electron chi connectivity index (χ3n) is 4.29. The van der Waals surface area contributed by atoms with Gasteiger partial charge in [0.2, 0.25) is 0 Å². The Hall–Kier alpha value is -1.47. The number of nitrogens with zero attached hydrogens (tertiary/aromatic N) is 4. The highest BCUT2D eigenvalue weighted by Crippen LogP contribution is 2.26. The van der Waals surface area contributed by atoms with Crippen LogP contribution in [0.2, 0.25) is 0 Å². The zero-order valence-corrected chi connectivity index (χ0v) is 11.7. The van der Waals surface area contributed by atoms with Gasteiger partial charge in [-0.05, 0) is 32.2 Å². The molecule has 3 heterocycles. The van der Waals surface area contributed by atoms with E-state index in [0.29, 0.717) is 24.8 Å². The van der Waals surface area contributed by atoms with Crippen molar-refractivity contribution in [3.05, 3.63) is 11.9 Å². The standard InChI is InChI=1S/C13H22N6O/c14-4-7-19-9-12(16-17-19)13(20)15-10-3-6-18-5-1-2-11(18)8-10/h9-11H,1-8,14H2,(H,15,20). The fourth-order valence-corrected chi connectivity index (χ4v) is 3.26. The topological polar surface area (TPSA) is 89.1 Å². The highest BCUT2D eigenvalue weighted by Gasteiger charge is 2.32. The summed E-state index contributed by atoms with van der Waals surface area (Å²) in [5.74, 6) is -0.121. The summed E-state index contributed by atoms with van der Waals surface area (Å²) < 4.78 is 1.61. The van der Waals surface area contributed by atoms with Crippen LogP contribution in [0.1, 0.15) is 36.2 Å². The summed E-state index contributed by atoms with van der Waals surface area (Å²) in [6, 6.07) is 0.920. The lowest BCUT2D eigenvalue weighted by molar-refractivity contribution is 0.0891. The van der Waals surface area contributed by atoms with E-state index in [-0.39, 0.29) is 11.9 Å². The predicted octanol–water partition coefficient (Wildman–Crippen LogP) is -0.407. The number of aromatic nitrogens is 3. The van der Waals surface area contributed by atoms with E-state index in [1.165, 1.54) is 19.4 Å². The summed E-state index contributed by atoms with van der Waals surface area (Å²) in [6.07, 6.45) is 6.30. The zero-order valence-electron chi connectivity index (χ0n) is 11.7. The zero-order chi connectivity index (χ0) is 13.9. The Morgan fingerprint density at radius 1 is 1.45 bits per heavy atom. The fraction of sp³-hybridized carbons (Fsp3) is 0.769. The maximum absolute atomic E-state index is 12.2. The van der Waals surface area contributed by atoms with Crippen molar-refractivity contribution in [2.45, 2.75) is 44.3 Å². The number of nitrogens with one attached hydrogen (secondary N) is 1. The van der Waals surface area contributed by atoms with Gasteiger partial charge in [-0.15, -0.1) is 5.10 Å². The van der Waals surface area contributed by atoms with Crippen molar-refractivity contribution in [1.29, 1.82) is 0 Å². The maximum Gasteiger partial charge on any atom is 0.273 e. The van der Waals surface area contributed by atoms with Crippen molar-refractivity contribution in [2.75, 3.05) is 19.6 Å². The molecule has 1 aromatic rings. The van der Waals surface area contributed by atoms with Crippen LogP contribution in [0, 0.1) is 0 Å². The van der Waals surface area contributed by atoms with Crippen LogP contribution in [-0.2, 0) is 6.54 Å². The van der Waals surface area contributed by atoms with E-state index in [4.69, 9.17) is 5.73 Å². The fourth-order valence-electron chi connectivity index (χ4n) is 3.26. The maximum atomic E-state index is 12.2. The molecule has 20 heavy (non-hydrogen) atoms. The summed E-state index contributed by atoms with van der Waals surface area (Å²) in [7, 11) is 0. The van der Waals surface area contributed by atoms with Crippen LogP contribution in [0.4, 0.5) is 0 Å². The van der Waals surface area contributed by atoms with Gasteiger partial charge in [0, 0.05) is 25.2 Å². The number of piperidine rings is 1. The van der Waals surface area contributed by atoms with Gasteiger partial charge in [0.1, 0.15) is 0 Å². The Kier molecular flexibility index (Phi) is 3.98. The number of hydrogen-bond acceptors (Lipinski definition) is 5. The molecule has 3 N–H and O–H groups in total. The quantitative estimate of drug-likeness (QED) is 0.782. The van der Waals surface area contributed by atoms with Gasteiger partial charge in [-0.1, -0.05) is 5.21 Å². The second-order valence-electron chi connectivity index (χ2n) is 5.68. The van der Waals surface area contributed by atoms with Gasteiger partial charge < -0.3 is 16.0 Å². The van der Waals surface area contributed by atoms with Crippen molar-refractivity contribution < 1.29 is 4.79 Å². The van der Waals surface area contributed by atoms with E-state index in [2.05, 4.69) is 20.5 Å².